The van der Waals surface area contributed by atoms with Crippen LogP contribution in [0.15, 0.2) is 41.3 Å². The number of aryl methyl sites for hydroxylation is 1. The van der Waals surface area contributed by atoms with Crippen LogP contribution in [0.4, 0.5) is 0 Å². The monoisotopic (exact) mass is 277 g/mol. The van der Waals surface area contributed by atoms with Crippen LogP contribution in [-0.2, 0) is 10.0 Å². The maximum atomic E-state index is 12.4. The van der Waals surface area contributed by atoms with Crippen LogP contribution in [0.2, 0.25) is 0 Å². The van der Waals surface area contributed by atoms with Crippen molar-refractivity contribution in [3.63, 3.8) is 0 Å². The number of nitrogens with zero attached hydrogens (tertiary/aromatic N) is 1. The highest BCUT2D eigenvalue weighted by atomic mass is 32.2. The van der Waals surface area contributed by atoms with Crippen LogP contribution in [0.1, 0.15) is 18.9 Å². The lowest BCUT2D eigenvalue weighted by Crippen LogP contribution is -2.31. The van der Waals surface area contributed by atoms with E-state index in [1.54, 1.807) is 24.3 Å². The van der Waals surface area contributed by atoms with Gasteiger partial charge in [-0.15, -0.1) is 6.42 Å². The lowest BCUT2D eigenvalue weighted by Gasteiger charge is -2.18. The largest absolute Gasteiger partial charge is 0.244 e. The van der Waals surface area contributed by atoms with E-state index in [9.17, 15) is 8.42 Å². The molecule has 0 saturated heterocycles. The molecule has 1 aromatic rings. The van der Waals surface area contributed by atoms with Crippen LogP contribution in [0.5, 0.6) is 0 Å². The number of sulfonamides is 1. The van der Waals surface area contributed by atoms with Gasteiger partial charge in [0.25, 0.3) is 0 Å². The molecule has 0 amide bonds. The van der Waals surface area contributed by atoms with Gasteiger partial charge in [0.2, 0.25) is 10.0 Å². The smallest absolute Gasteiger partial charge is 0.207 e. The van der Waals surface area contributed by atoms with Crippen LogP contribution >= 0.6 is 0 Å². The third-order valence-electron chi connectivity index (χ3n) is 2.64. The molecule has 3 nitrogen and oxygen atoms in total. The van der Waals surface area contributed by atoms with Gasteiger partial charge in [-0.05, 0) is 25.5 Å². The van der Waals surface area contributed by atoms with E-state index >= 15 is 0 Å². The lowest BCUT2D eigenvalue weighted by molar-refractivity contribution is 0.478. The fourth-order valence-corrected chi connectivity index (χ4v) is 2.87. The number of rotatable bonds is 6. The third-order valence-corrected chi connectivity index (χ3v) is 4.46. The Kier molecular flexibility index (Phi) is 5.81. The zero-order valence-electron chi connectivity index (χ0n) is 11.3. The molecule has 0 aliphatic heterocycles. The van der Waals surface area contributed by atoms with E-state index in [1.807, 2.05) is 26.0 Å². The second kappa shape index (κ2) is 7.13. The molecular weight excluding hydrogens is 258 g/mol. The summed E-state index contributed by atoms with van der Waals surface area (Å²) in [5, 5.41) is 0. The van der Waals surface area contributed by atoms with Crippen LogP contribution < -0.4 is 0 Å². The Labute approximate surface area is 116 Å². The fraction of sp³-hybridized carbons (Fsp3) is 0.333. The number of terminal acetylenes is 1. The van der Waals surface area contributed by atoms with Gasteiger partial charge in [0.05, 0.1) is 11.4 Å². The molecule has 0 bridgehead atoms. The first-order valence-corrected chi connectivity index (χ1v) is 7.61. The molecule has 0 fully saturated rings. The summed E-state index contributed by atoms with van der Waals surface area (Å²) in [6.07, 6.45) is 9.87. The van der Waals surface area contributed by atoms with E-state index in [0.717, 1.165) is 12.0 Å². The van der Waals surface area contributed by atoms with Gasteiger partial charge < -0.3 is 0 Å². The minimum Gasteiger partial charge on any atom is -0.207 e. The summed E-state index contributed by atoms with van der Waals surface area (Å²) in [5.41, 5.74) is 1.02. The Balaban J connectivity index is 3.02. The van der Waals surface area contributed by atoms with Gasteiger partial charge in [-0.3, -0.25) is 0 Å². The minimum atomic E-state index is -3.52. The normalized spacial score (nSPS) is 11.9. The van der Waals surface area contributed by atoms with Crippen LogP contribution in [0, 0.1) is 19.3 Å². The van der Waals surface area contributed by atoms with Crippen molar-refractivity contribution in [1.29, 1.82) is 0 Å². The van der Waals surface area contributed by atoms with Gasteiger partial charge in [-0.1, -0.05) is 42.7 Å². The van der Waals surface area contributed by atoms with E-state index in [4.69, 9.17) is 6.42 Å². The molecule has 0 radical (unpaired) electrons. The Morgan fingerprint density at radius 3 is 2.42 bits per heavy atom. The predicted molar refractivity (Wildman–Crippen MR) is 78.2 cm³/mol. The Morgan fingerprint density at radius 1 is 1.26 bits per heavy atom. The van der Waals surface area contributed by atoms with Crippen molar-refractivity contribution in [3.05, 3.63) is 42.0 Å². The quantitative estimate of drug-likeness (QED) is 0.592. The molecule has 0 N–H and O–H groups in total. The molecule has 0 spiro atoms. The van der Waals surface area contributed by atoms with E-state index < -0.39 is 10.0 Å². The van der Waals surface area contributed by atoms with Crippen molar-refractivity contribution in [2.75, 3.05) is 13.1 Å². The van der Waals surface area contributed by atoms with E-state index in [-0.39, 0.29) is 11.4 Å². The summed E-state index contributed by atoms with van der Waals surface area (Å²) in [7, 11) is -3.52. The van der Waals surface area contributed by atoms with Crippen molar-refractivity contribution in [1.82, 2.24) is 4.31 Å². The standard InChI is InChI=1S/C15H19NO2S/c1-4-6-7-13-16(12-5-2)19(17,18)15-10-8-14(3)9-11-15/h2,6-11H,4,12-13H2,1,3H3/b7-6+. The Hall–Kier alpha value is -1.57. The maximum Gasteiger partial charge on any atom is 0.244 e. The molecule has 0 aromatic heterocycles. The lowest BCUT2D eigenvalue weighted by atomic mass is 10.2. The maximum absolute atomic E-state index is 12.4. The molecule has 0 aliphatic rings. The second-order valence-electron chi connectivity index (χ2n) is 4.19. The van der Waals surface area contributed by atoms with Crippen LogP contribution in [0.3, 0.4) is 0 Å². The topological polar surface area (TPSA) is 37.4 Å². The SMILES string of the molecule is C#CCN(C/C=C/CC)S(=O)(=O)c1ccc(C)cc1. The zero-order valence-corrected chi connectivity index (χ0v) is 12.2. The third kappa shape index (κ3) is 4.23. The van der Waals surface area contributed by atoms with Gasteiger partial charge in [0.1, 0.15) is 0 Å². The van der Waals surface area contributed by atoms with Crippen molar-refractivity contribution in [2.24, 2.45) is 0 Å². The minimum absolute atomic E-state index is 0.0737. The molecule has 0 heterocycles. The van der Waals surface area contributed by atoms with Gasteiger partial charge in [0.15, 0.2) is 0 Å². The summed E-state index contributed by atoms with van der Waals surface area (Å²) < 4.78 is 26.1. The fourth-order valence-electron chi connectivity index (χ4n) is 1.57. The van der Waals surface area contributed by atoms with Crippen molar-refractivity contribution in [2.45, 2.75) is 25.2 Å². The zero-order chi connectivity index (χ0) is 14.3. The molecule has 0 unspecified atom stereocenters. The van der Waals surface area contributed by atoms with E-state index in [2.05, 4.69) is 5.92 Å². The highest BCUT2D eigenvalue weighted by molar-refractivity contribution is 7.89. The van der Waals surface area contributed by atoms with Crippen LogP contribution in [0.25, 0.3) is 0 Å². The molecule has 0 atom stereocenters. The first-order chi connectivity index (χ1) is 9.02. The molecule has 1 rings (SSSR count). The van der Waals surface area contributed by atoms with Gasteiger partial charge in [0, 0.05) is 6.54 Å². The summed E-state index contributed by atoms with van der Waals surface area (Å²) in [6, 6.07) is 6.78. The molecule has 0 aliphatic carbocycles. The van der Waals surface area contributed by atoms with Crippen molar-refractivity contribution < 1.29 is 8.42 Å². The highest BCUT2D eigenvalue weighted by Gasteiger charge is 2.22. The molecule has 102 valence electrons. The summed E-state index contributed by atoms with van der Waals surface area (Å²) in [4.78, 5) is 0.276. The number of benzene rings is 1. The first-order valence-electron chi connectivity index (χ1n) is 6.17. The van der Waals surface area contributed by atoms with Gasteiger partial charge >= 0.3 is 0 Å². The van der Waals surface area contributed by atoms with E-state index in [0.29, 0.717) is 6.54 Å². The molecule has 1 aromatic carbocycles. The molecule has 0 saturated carbocycles. The predicted octanol–water partition coefficient (Wildman–Crippen LogP) is 2.59. The van der Waals surface area contributed by atoms with Crippen molar-refractivity contribution in [3.8, 4) is 12.3 Å². The second-order valence-corrected chi connectivity index (χ2v) is 6.13. The average Bonchev–Trinajstić information content (AvgIpc) is 2.38. The number of hydrogen-bond donors (Lipinski definition) is 0. The Morgan fingerprint density at radius 2 is 1.89 bits per heavy atom. The van der Waals surface area contributed by atoms with Gasteiger partial charge in [-0.2, -0.15) is 4.31 Å². The molecular formula is C15H19NO2S. The average molecular weight is 277 g/mol. The molecule has 4 heteroatoms. The summed E-state index contributed by atoms with van der Waals surface area (Å²) >= 11 is 0. The summed E-state index contributed by atoms with van der Waals surface area (Å²) in [5.74, 6) is 2.39. The Bertz CT molecular complexity index is 565. The first kappa shape index (κ1) is 15.5. The molecule has 19 heavy (non-hydrogen) atoms. The number of hydrogen-bond acceptors (Lipinski definition) is 2. The number of allylic oxidation sites excluding steroid dienone is 1. The van der Waals surface area contributed by atoms with Crippen LogP contribution in [-0.4, -0.2) is 25.8 Å². The van der Waals surface area contributed by atoms with Gasteiger partial charge in [-0.25, -0.2) is 8.42 Å². The highest BCUT2D eigenvalue weighted by Crippen LogP contribution is 2.16. The van der Waals surface area contributed by atoms with Crippen molar-refractivity contribution >= 4 is 10.0 Å². The van der Waals surface area contributed by atoms with E-state index in [1.165, 1.54) is 4.31 Å². The summed E-state index contributed by atoms with van der Waals surface area (Å²) in [6.45, 7) is 4.29.